The van der Waals surface area contributed by atoms with Crippen molar-refractivity contribution in [1.82, 2.24) is 19.8 Å². The number of halogens is 1. The van der Waals surface area contributed by atoms with Gasteiger partial charge in [-0.3, -0.25) is 9.89 Å². The van der Waals surface area contributed by atoms with Crippen molar-refractivity contribution in [2.24, 2.45) is 12.0 Å². The maximum absolute atomic E-state index is 6.99. The number of aryl methyl sites for hydroxylation is 2. The van der Waals surface area contributed by atoms with Crippen molar-refractivity contribution in [3.63, 3.8) is 0 Å². The van der Waals surface area contributed by atoms with Gasteiger partial charge in [0.1, 0.15) is 0 Å². The van der Waals surface area contributed by atoms with Crippen LogP contribution in [0.4, 0.5) is 5.69 Å². The molecule has 7 nitrogen and oxygen atoms in total. The van der Waals surface area contributed by atoms with Crippen LogP contribution >= 0.6 is 11.6 Å². The van der Waals surface area contributed by atoms with E-state index in [0.717, 1.165) is 92.3 Å². The molecule has 5 rings (SSSR count). The van der Waals surface area contributed by atoms with E-state index in [4.69, 9.17) is 21.3 Å². The van der Waals surface area contributed by atoms with E-state index in [2.05, 4.69) is 59.1 Å². The third-order valence-electron chi connectivity index (χ3n) is 7.32. The predicted molar refractivity (Wildman–Crippen MR) is 143 cm³/mol. The predicted octanol–water partition coefficient (Wildman–Crippen LogP) is 3.94. The first-order valence-corrected chi connectivity index (χ1v) is 13.1. The van der Waals surface area contributed by atoms with E-state index >= 15 is 0 Å². The fraction of sp³-hybridized carbons (Fsp3) is 0.556. The highest BCUT2D eigenvalue weighted by Crippen LogP contribution is 2.34. The number of benzene rings is 1. The summed E-state index contributed by atoms with van der Waals surface area (Å²) in [5, 5.41) is 4.37. The monoisotopic (exact) mass is 496 g/mol. The van der Waals surface area contributed by atoms with Gasteiger partial charge in [-0.15, -0.1) is 0 Å². The molecule has 1 aromatic heterocycles. The lowest BCUT2D eigenvalue weighted by molar-refractivity contribution is -0.131. The van der Waals surface area contributed by atoms with Crippen LogP contribution in [0.3, 0.4) is 0 Å². The van der Waals surface area contributed by atoms with Gasteiger partial charge in [0.2, 0.25) is 0 Å². The molecule has 0 radical (unpaired) electrons. The molecule has 188 valence electrons. The van der Waals surface area contributed by atoms with Gasteiger partial charge in [-0.2, -0.15) is 0 Å². The highest BCUT2D eigenvalue weighted by molar-refractivity contribution is 6.34. The van der Waals surface area contributed by atoms with Crippen molar-refractivity contribution >= 4 is 23.1 Å². The molecule has 2 aliphatic heterocycles. The van der Waals surface area contributed by atoms with Gasteiger partial charge in [0.15, 0.2) is 11.7 Å². The van der Waals surface area contributed by atoms with Gasteiger partial charge in [0.25, 0.3) is 0 Å². The van der Waals surface area contributed by atoms with Crippen molar-refractivity contribution in [1.29, 1.82) is 0 Å². The lowest BCUT2D eigenvalue weighted by Crippen LogP contribution is -2.64. The van der Waals surface area contributed by atoms with Gasteiger partial charge >= 0.3 is 0 Å². The van der Waals surface area contributed by atoms with Crippen LogP contribution in [0.25, 0.3) is 0 Å². The summed E-state index contributed by atoms with van der Waals surface area (Å²) in [6.07, 6.45) is 9.03. The number of nitrogens with zero attached hydrogens (tertiary/aromatic N) is 5. The summed E-state index contributed by atoms with van der Waals surface area (Å²) in [5.41, 5.74) is 4.81. The minimum atomic E-state index is 0.208. The quantitative estimate of drug-likeness (QED) is 0.465. The Morgan fingerprint density at radius 2 is 2.00 bits per heavy atom. The third kappa shape index (κ3) is 5.42. The second-order valence-electron chi connectivity index (χ2n) is 10.5. The number of aliphatic imine (C=N–C) groups is 1. The van der Waals surface area contributed by atoms with Crippen LogP contribution in [-0.2, 0) is 18.2 Å². The van der Waals surface area contributed by atoms with E-state index in [1.807, 2.05) is 24.0 Å². The van der Waals surface area contributed by atoms with E-state index in [1.54, 1.807) is 0 Å². The fourth-order valence-corrected chi connectivity index (χ4v) is 5.20. The van der Waals surface area contributed by atoms with E-state index in [0.29, 0.717) is 6.04 Å². The van der Waals surface area contributed by atoms with Gasteiger partial charge in [0.05, 0.1) is 35.5 Å². The Hall–Kier alpha value is -2.35. The highest BCUT2D eigenvalue weighted by Gasteiger charge is 2.40. The minimum absolute atomic E-state index is 0.208. The standard InChI is InChI=1S/C27H37ClN6O/c1-19-15-21(6-5-20(2)30-25(31-22-7-8-22)26-29-9-10-32(26)4)24(28)23(16-19)33-11-13-34(14-12-33)27(3)17-35-18-27/h5,9-10,15-16,22H,6-8,11-14,17-18H2,1-4H3,(H,30,31)/b20-5-. The van der Waals surface area contributed by atoms with E-state index in [-0.39, 0.29) is 5.54 Å². The summed E-state index contributed by atoms with van der Waals surface area (Å²) in [6.45, 7) is 12.3. The minimum Gasteiger partial charge on any atom is -0.377 e. The molecule has 2 saturated heterocycles. The van der Waals surface area contributed by atoms with Crippen LogP contribution in [0.2, 0.25) is 5.02 Å². The van der Waals surface area contributed by atoms with E-state index in [1.165, 1.54) is 5.56 Å². The lowest BCUT2D eigenvalue weighted by Gasteiger charge is -2.50. The number of ether oxygens (including phenoxy) is 1. The van der Waals surface area contributed by atoms with Crippen molar-refractivity contribution in [3.05, 3.63) is 58.3 Å². The average molecular weight is 497 g/mol. The molecule has 1 saturated carbocycles. The summed E-state index contributed by atoms with van der Waals surface area (Å²) in [5.74, 6) is 1.70. The first-order valence-electron chi connectivity index (χ1n) is 12.7. The summed E-state index contributed by atoms with van der Waals surface area (Å²) in [7, 11) is 2.00. The maximum Gasteiger partial charge on any atom is 0.175 e. The summed E-state index contributed by atoms with van der Waals surface area (Å²) in [4.78, 5) is 14.4. The van der Waals surface area contributed by atoms with Crippen LogP contribution in [-0.4, -0.2) is 71.3 Å². The molecule has 0 bridgehead atoms. The Morgan fingerprint density at radius 1 is 1.26 bits per heavy atom. The largest absolute Gasteiger partial charge is 0.377 e. The summed E-state index contributed by atoms with van der Waals surface area (Å²) >= 11 is 6.99. The number of allylic oxidation sites excluding steroid dienone is 2. The van der Waals surface area contributed by atoms with Gasteiger partial charge in [-0.1, -0.05) is 23.7 Å². The van der Waals surface area contributed by atoms with Gasteiger partial charge in [0, 0.05) is 51.3 Å². The average Bonchev–Trinajstić information content (AvgIpc) is 3.54. The van der Waals surface area contributed by atoms with Crippen LogP contribution < -0.4 is 10.2 Å². The number of nitrogens with one attached hydrogen (secondary N) is 1. The SMILES string of the molecule is C/C(=C/Cc1cc(C)cc(N2CCN(C3(C)COC3)CC2)c1Cl)NC(=NC1CC1)c1nccn1C. The first-order chi connectivity index (χ1) is 16.8. The number of amidine groups is 1. The molecule has 0 spiro atoms. The molecule has 1 aromatic carbocycles. The lowest BCUT2D eigenvalue weighted by atomic mass is 9.96. The summed E-state index contributed by atoms with van der Waals surface area (Å²) < 4.78 is 7.48. The van der Waals surface area contributed by atoms with E-state index in [9.17, 15) is 0 Å². The van der Waals surface area contributed by atoms with Crippen molar-refractivity contribution in [3.8, 4) is 0 Å². The number of hydrogen-bond acceptors (Lipinski definition) is 5. The van der Waals surface area contributed by atoms with Crippen LogP contribution in [0.1, 0.15) is 43.6 Å². The third-order valence-corrected chi connectivity index (χ3v) is 7.75. The Labute approximate surface area is 213 Å². The molecule has 0 atom stereocenters. The number of piperazine rings is 1. The molecule has 0 amide bonds. The molecule has 2 aromatic rings. The number of aromatic nitrogens is 2. The maximum atomic E-state index is 6.99. The topological polar surface area (TPSA) is 57.9 Å². The van der Waals surface area contributed by atoms with Gasteiger partial charge in [-0.05, 0) is 57.2 Å². The molecule has 3 aliphatic rings. The Morgan fingerprint density at radius 3 is 2.60 bits per heavy atom. The highest BCUT2D eigenvalue weighted by atomic mass is 35.5. The van der Waals surface area contributed by atoms with Gasteiger partial charge in [-0.25, -0.2) is 4.98 Å². The van der Waals surface area contributed by atoms with Crippen LogP contribution in [0.5, 0.6) is 0 Å². The second kappa shape index (κ2) is 9.96. The van der Waals surface area contributed by atoms with E-state index < -0.39 is 0 Å². The molecular weight excluding hydrogens is 460 g/mol. The first kappa shape index (κ1) is 24.3. The molecule has 8 heteroatoms. The molecule has 3 fully saturated rings. The zero-order valence-electron chi connectivity index (χ0n) is 21.4. The normalized spacial score (nSPS) is 21.2. The fourth-order valence-electron chi connectivity index (χ4n) is 4.90. The Balaban J connectivity index is 1.27. The Kier molecular flexibility index (Phi) is 6.93. The van der Waals surface area contributed by atoms with Crippen molar-refractivity contribution in [2.75, 3.05) is 44.3 Å². The van der Waals surface area contributed by atoms with Crippen molar-refractivity contribution in [2.45, 2.75) is 51.6 Å². The summed E-state index contributed by atoms with van der Waals surface area (Å²) in [6, 6.07) is 4.85. The second-order valence-corrected chi connectivity index (χ2v) is 10.9. The molecular formula is C27H37ClN6O. The zero-order valence-corrected chi connectivity index (χ0v) is 22.1. The molecule has 0 unspecified atom stereocenters. The number of imidazole rings is 1. The number of rotatable bonds is 7. The number of hydrogen-bond donors (Lipinski definition) is 1. The van der Waals surface area contributed by atoms with Crippen LogP contribution in [0.15, 0.2) is 41.3 Å². The Bertz CT molecular complexity index is 1120. The molecule has 1 aliphatic carbocycles. The zero-order chi connectivity index (χ0) is 24.6. The molecule has 35 heavy (non-hydrogen) atoms. The number of anilines is 1. The molecule has 3 heterocycles. The molecule has 1 N–H and O–H groups in total. The van der Waals surface area contributed by atoms with Crippen molar-refractivity contribution < 1.29 is 4.74 Å². The smallest absolute Gasteiger partial charge is 0.175 e. The van der Waals surface area contributed by atoms with Crippen LogP contribution in [0, 0.1) is 6.92 Å². The van der Waals surface area contributed by atoms with Gasteiger partial charge < -0.3 is 19.5 Å².